The van der Waals surface area contributed by atoms with Crippen molar-refractivity contribution in [3.8, 4) is 0 Å². The molecule has 84 valence electrons. The lowest BCUT2D eigenvalue weighted by atomic mass is 9.96. The quantitative estimate of drug-likeness (QED) is 0.829. The first kappa shape index (κ1) is 12.5. The molecule has 0 aliphatic carbocycles. The Balaban J connectivity index is 2.81. The van der Waals surface area contributed by atoms with Crippen molar-refractivity contribution >= 4 is 11.6 Å². The molecule has 0 bridgehead atoms. The van der Waals surface area contributed by atoms with E-state index in [1.807, 2.05) is 32.0 Å². The molecule has 0 aliphatic rings. The summed E-state index contributed by atoms with van der Waals surface area (Å²) in [6.45, 7) is 6.35. The summed E-state index contributed by atoms with van der Waals surface area (Å²) < 4.78 is 0. The molecule has 3 heteroatoms. The second kappa shape index (κ2) is 4.97. The largest absolute Gasteiger partial charge is 0.384 e. The van der Waals surface area contributed by atoms with Crippen LogP contribution in [0.3, 0.4) is 0 Å². The van der Waals surface area contributed by atoms with Gasteiger partial charge in [0.1, 0.15) is 5.60 Å². The summed E-state index contributed by atoms with van der Waals surface area (Å²) >= 11 is 6.04. The van der Waals surface area contributed by atoms with Gasteiger partial charge in [-0.2, -0.15) is 0 Å². The van der Waals surface area contributed by atoms with Crippen LogP contribution in [0.25, 0.3) is 0 Å². The highest BCUT2D eigenvalue weighted by Crippen LogP contribution is 2.27. The third-order valence-electron chi connectivity index (χ3n) is 2.31. The van der Waals surface area contributed by atoms with Crippen LogP contribution in [-0.4, -0.2) is 17.7 Å². The molecule has 0 heterocycles. The van der Waals surface area contributed by atoms with E-state index < -0.39 is 5.60 Å². The molecule has 15 heavy (non-hydrogen) atoms. The Morgan fingerprint density at radius 3 is 2.53 bits per heavy atom. The molecule has 1 atom stereocenters. The summed E-state index contributed by atoms with van der Waals surface area (Å²) in [5.41, 5.74) is -0.164. The second-order valence-corrected chi connectivity index (χ2v) is 4.70. The van der Waals surface area contributed by atoms with Gasteiger partial charge in [0.15, 0.2) is 0 Å². The number of aliphatic hydroxyl groups is 1. The van der Waals surface area contributed by atoms with Gasteiger partial charge >= 0.3 is 0 Å². The fraction of sp³-hybridized carbons (Fsp3) is 0.500. The van der Waals surface area contributed by atoms with Crippen molar-refractivity contribution in [1.29, 1.82) is 0 Å². The van der Waals surface area contributed by atoms with E-state index in [0.29, 0.717) is 17.6 Å². The second-order valence-electron chi connectivity index (χ2n) is 4.29. The van der Waals surface area contributed by atoms with Crippen molar-refractivity contribution in [3.63, 3.8) is 0 Å². The Morgan fingerprint density at radius 1 is 1.40 bits per heavy atom. The Kier molecular flexibility index (Phi) is 4.14. The van der Waals surface area contributed by atoms with E-state index in [1.54, 1.807) is 13.0 Å². The van der Waals surface area contributed by atoms with Crippen molar-refractivity contribution in [2.45, 2.75) is 32.4 Å². The lowest BCUT2D eigenvalue weighted by Crippen LogP contribution is -2.38. The summed E-state index contributed by atoms with van der Waals surface area (Å²) in [6, 6.07) is 7.73. The van der Waals surface area contributed by atoms with Gasteiger partial charge in [0.25, 0.3) is 0 Å². The van der Waals surface area contributed by atoms with Crippen molar-refractivity contribution in [3.05, 3.63) is 34.9 Å². The third kappa shape index (κ3) is 3.49. The number of nitrogens with one attached hydrogen (secondary N) is 1. The van der Waals surface area contributed by atoms with E-state index in [2.05, 4.69) is 5.32 Å². The lowest BCUT2D eigenvalue weighted by molar-refractivity contribution is 0.0550. The van der Waals surface area contributed by atoms with Crippen LogP contribution in [0.1, 0.15) is 26.3 Å². The van der Waals surface area contributed by atoms with Crippen molar-refractivity contribution in [1.82, 2.24) is 5.32 Å². The van der Waals surface area contributed by atoms with Crippen molar-refractivity contribution in [2.24, 2.45) is 0 Å². The molecule has 0 aliphatic heterocycles. The van der Waals surface area contributed by atoms with Crippen LogP contribution in [0.4, 0.5) is 0 Å². The van der Waals surface area contributed by atoms with Crippen molar-refractivity contribution < 1.29 is 5.11 Å². The number of hydrogen-bond donors (Lipinski definition) is 2. The number of rotatable bonds is 4. The van der Waals surface area contributed by atoms with Crippen LogP contribution in [0.5, 0.6) is 0 Å². The van der Waals surface area contributed by atoms with E-state index in [1.165, 1.54) is 0 Å². The van der Waals surface area contributed by atoms with Crippen LogP contribution in [0, 0.1) is 0 Å². The number of benzene rings is 1. The molecule has 0 amide bonds. The van der Waals surface area contributed by atoms with Gasteiger partial charge in [-0.3, -0.25) is 0 Å². The summed E-state index contributed by atoms with van der Waals surface area (Å²) in [4.78, 5) is 0. The Bertz CT molecular complexity index is 323. The van der Waals surface area contributed by atoms with Gasteiger partial charge in [-0.15, -0.1) is 0 Å². The highest BCUT2D eigenvalue weighted by atomic mass is 35.5. The first-order valence-electron chi connectivity index (χ1n) is 5.14. The predicted molar refractivity (Wildman–Crippen MR) is 64.2 cm³/mol. The molecule has 1 unspecified atom stereocenters. The monoisotopic (exact) mass is 227 g/mol. The van der Waals surface area contributed by atoms with Gasteiger partial charge in [0, 0.05) is 23.2 Å². The summed E-state index contributed by atoms with van der Waals surface area (Å²) in [5.74, 6) is 0. The molecule has 0 saturated heterocycles. The van der Waals surface area contributed by atoms with Gasteiger partial charge < -0.3 is 10.4 Å². The zero-order valence-corrected chi connectivity index (χ0v) is 10.2. The van der Waals surface area contributed by atoms with Crippen LogP contribution in [-0.2, 0) is 5.60 Å². The molecule has 0 spiro atoms. The molecule has 0 saturated carbocycles. The lowest BCUT2D eigenvalue weighted by Gasteiger charge is -2.26. The molecule has 2 nitrogen and oxygen atoms in total. The summed E-state index contributed by atoms with van der Waals surface area (Å²) in [6.07, 6.45) is 0. The highest BCUT2D eigenvalue weighted by Gasteiger charge is 2.25. The maximum Gasteiger partial charge on any atom is 0.101 e. The van der Waals surface area contributed by atoms with Crippen LogP contribution >= 0.6 is 11.6 Å². The van der Waals surface area contributed by atoms with E-state index in [-0.39, 0.29) is 0 Å². The molecule has 1 rings (SSSR count). The van der Waals surface area contributed by atoms with Gasteiger partial charge in [0.05, 0.1) is 0 Å². The molecule has 1 aromatic carbocycles. The smallest absolute Gasteiger partial charge is 0.101 e. The standard InChI is InChI=1S/C12H18ClNO/c1-9(2)14-8-12(3,15)10-6-4-5-7-11(10)13/h4-7,9,14-15H,8H2,1-3H3. The average Bonchev–Trinajstić information content (AvgIpc) is 2.15. The third-order valence-corrected chi connectivity index (χ3v) is 2.64. The summed E-state index contributed by atoms with van der Waals surface area (Å²) in [7, 11) is 0. The average molecular weight is 228 g/mol. The first-order valence-corrected chi connectivity index (χ1v) is 5.52. The molecule has 0 radical (unpaired) electrons. The zero-order valence-electron chi connectivity index (χ0n) is 9.42. The zero-order chi connectivity index (χ0) is 11.5. The number of hydrogen-bond acceptors (Lipinski definition) is 2. The maximum atomic E-state index is 10.3. The van der Waals surface area contributed by atoms with Crippen LogP contribution < -0.4 is 5.32 Å². The Morgan fingerprint density at radius 2 is 2.00 bits per heavy atom. The molecular weight excluding hydrogens is 210 g/mol. The molecule has 1 aromatic rings. The minimum atomic E-state index is -0.928. The maximum absolute atomic E-state index is 10.3. The predicted octanol–water partition coefficient (Wildman–Crippen LogP) is 2.55. The fourth-order valence-corrected chi connectivity index (χ4v) is 1.74. The summed E-state index contributed by atoms with van der Waals surface area (Å²) in [5, 5.41) is 14.1. The van der Waals surface area contributed by atoms with E-state index in [9.17, 15) is 5.11 Å². The Labute approximate surface area is 96.3 Å². The first-order chi connectivity index (χ1) is 6.93. The molecule has 2 N–H and O–H groups in total. The van der Waals surface area contributed by atoms with Crippen molar-refractivity contribution in [2.75, 3.05) is 6.54 Å². The van der Waals surface area contributed by atoms with Gasteiger partial charge in [-0.05, 0) is 13.0 Å². The van der Waals surface area contributed by atoms with E-state index in [4.69, 9.17) is 11.6 Å². The highest BCUT2D eigenvalue weighted by molar-refractivity contribution is 6.31. The molecular formula is C12H18ClNO. The van der Waals surface area contributed by atoms with Crippen LogP contribution in [0.15, 0.2) is 24.3 Å². The van der Waals surface area contributed by atoms with E-state index in [0.717, 1.165) is 5.56 Å². The fourth-order valence-electron chi connectivity index (χ4n) is 1.40. The van der Waals surface area contributed by atoms with E-state index >= 15 is 0 Å². The van der Waals surface area contributed by atoms with Gasteiger partial charge in [-0.1, -0.05) is 43.6 Å². The minimum absolute atomic E-state index is 0.346. The van der Waals surface area contributed by atoms with Crippen LogP contribution in [0.2, 0.25) is 5.02 Å². The normalized spacial score (nSPS) is 15.3. The van der Waals surface area contributed by atoms with Gasteiger partial charge in [0.2, 0.25) is 0 Å². The molecule has 0 aromatic heterocycles. The Hall–Kier alpha value is -0.570. The number of halogens is 1. The molecule has 0 fully saturated rings. The minimum Gasteiger partial charge on any atom is -0.384 e. The SMILES string of the molecule is CC(C)NCC(C)(O)c1ccccc1Cl. The van der Waals surface area contributed by atoms with Gasteiger partial charge in [-0.25, -0.2) is 0 Å². The topological polar surface area (TPSA) is 32.3 Å².